The van der Waals surface area contributed by atoms with E-state index in [0.717, 1.165) is 21.3 Å². The number of carboxylic acid groups (broad SMARTS) is 1. The number of aromatic nitrogens is 1. The van der Waals surface area contributed by atoms with Crippen LogP contribution in [0.2, 0.25) is 0 Å². The van der Waals surface area contributed by atoms with Crippen molar-refractivity contribution >= 4 is 21.9 Å². The lowest BCUT2D eigenvalue weighted by Gasteiger charge is -2.25. The molecule has 1 N–H and O–H groups in total. The summed E-state index contributed by atoms with van der Waals surface area (Å²) in [6, 6.07) is 10.4. The van der Waals surface area contributed by atoms with Crippen LogP contribution in [-0.4, -0.2) is 28.0 Å². The second-order valence-electron chi connectivity index (χ2n) is 4.96. The molecule has 1 aromatic carbocycles. The fourth-order valence-electron chi connectivity index (χ4n) is 2.26. The quantitative estimate of drug-likeness (QED) is 0.899. The molecule has 0 aliphatic carbocycles. The third-order valence-corrected chi connectivity index (χ3v) is 4.43. The molecule has 21 heavy (non-hydrogen) atoms. The van der Waals surface area contributed by atoms with Crippen molar-refractivity contribution in [2.24, 2.45) is 0 Å². The van der Waals surface area contributed by atoms with Gasteiger partial charge in [0.15, 0.2) is 0 Å². The summed E-state index contributed by atoms with van der Waals surface area (Å²) in [5, 5.41) is 9.53. The normalized spacial score (nSPS) is 12.4. The minimum atomic E-state index is -0.868. The van der Waals surface area contributed by atoms with E-state index in [9.17, 15) is 9.90 Å². The molecule has 0 radical (unpaired) electrons. The van der Waals surface area contributed by atoms with Crippen molar-refractivity contribution in [3.8, 4) is 0 Å². The molecular formula is C16H17BrN2O2. The molecule has 0 aliphatic rings. The van der Waals surface area contributed by atoms with Crippen molar-refractivity contribution in [3.05, 3.63) is 63.9 Å². The van der Waals surface area contributed by atoms with E-state index in [4.69, 9.17) is 0 Å². The number of carboxylic acids is 1. The zero-order valence-corrected chi connectivity index (χ0v) is 13.5. The molecule has 0 saturated carbocycles. The van der Waals surface area contributed by atoms with Gasteiger partial charge in [0.25, 0.3) is 0 Å². The van der Waals surface area contributed by atoms with E-state index in [2.05, 4.69) is 20.9 Å². The average Bonchev–Trinajstić information content (AvgIpc) is 2.45. The second-order valence-corrected chi connectivity index (χ2v) is 5.75. The predicted molar refractivity (Wildman–Crippen MR) is 85.0 cm³/mol. The maximum Gasteiger partial charge on any atom is 0.325 e. The number of rotatable bonds is 5. The van der Waals surface area contributed by atoms with Gasteiger partial charge in [-0.15, -0.1) is 0 Å². The van der Waals surface area contributed by atoms with Crippen molar-refractivity contribution in [2.75, 3.05) is 7.05 Å². The minimum absolute atomic E-state index is 0.453. The minimum Gasteiger partial charge on any atom is -0.480 e. The Morgan fingerprint density at radius 3 is 2.62 bits per heavy atom. The maximum absolute atomic E-state index is 11.6. The largest absolute Gasteiger partial charge is 0.480 e. The van der Waals surface area contributed by atoms with Gasteiger partial charge in [-0.3, -0.25) is 14.7 Å². The topological polar surface area (TPSA) is 53.4 Å². The Balaban J connectivity index is 2.26. The number of aliphatic carboxylic acids is 1. The maximum atomic E-state index is 11.6. The zero-order valence-electron chi connectivity index (χ0n) is 12.0. The zero-order chi connectivity index (χ0) is 15.4. The van der Waals surface area contributed by atoms with Gasteiger partial charge in [-0.1, -0.05) is 30.3 Å². The molecule has 0 bridgehead atoms. The van der Waals surface area contributed by atoms with Crippen LogP contribution >= 0.6 is 15.9 Å². The highest BCUT2D eigenvalue weighted by Gasteiger charge is 2.25. The summed E-state index contributed by atoms with van der Waals surface area (Å²) >= 11 is 3.51. The highest BCUT2D eigenvalue weighted by molar-refractivity contribution is 9.10. The molecule has 5 heteroatoms. The Labute approximate surface area is 132 Å². The van der Waals surface area contributed by atoms with Gasteiger partial charge in [0.2, 0.25) is 0 Å². The highest BCUT2D eigenvalue weighted by atomic mass is 79.9. The van der Waals surface area contributed by atoms with Gasteiger partial charge in [-0.2, -0.15) is 0 Å². The molecule has 0 amide bonds. The lowest BCUT2D eigenvalue weighted by Crippen LogP contribution is -2.30. The molecule has 2 aromatic rings. The molecule has 4 nitrogen and oxygen atoms in total. The van der Waals surface area contributed by atoms with E-state index in [1.165, 1.54) is 0 Å². The van der Waals surface area contributed by atoms with Crippen LogP contribution < -0.4 is 0 Å². The molecular weight excluding hydrogens is 332 g/mol. The van der Waals surface area contributed by atoms with Gasteiger partial charge in [-0.05, 0) is 47.1 Å². The monoisotopic (exact) mass is 348 g/mol. The van der Waals surface area contributed by atoms with Gasteiger partial charge >= 0.3 is 5.97 Å². The second kappa shape index (κ2) is 6.83. The summed E-state index contributed by atoms with van der Waals surface area (Å²) < 4.78 is 0.925. The smallest absolute Gasteiger partial charge is 0.325 e. The summed E-state index contributed by atoms with van der Waals surface area (Å²) in [5.41, 5.74) is 2.68. The van der Waals surface area contributed by atoms with Gasteiger partial charge in [0, 0.05) is 17.2 Å². The fourth-order valence-corrected chi connectivity index (χ4v) is 2.62. The first-order chi connectivity index (χ1) is 10.0. The average molecular weight is 349 g/mol. The Morgan fingerprint density at radius 2 is 2.00 bits per heavy atom. The van der Waals surface area contributed by atoms with Gasteiger partial charge in [-0.25, -0.2) is 0 Å². The van der Waals surface area contributed by atoms with E-state index in [1.54, 1.807) is 18.1 Å². The lowest BCUT2D eigenvalue weighted by molar-refractivity contribution is -0.143. The van der Waals surface area contributed by atoms with Crippen LogP contribution in [0.4, 0.5) is 0 Å². The lowest BCUT2D eigenvalue weighted by atomic mass is 10.1. The van der Waals surface area contributed by atoms with E-state index in [-0.39, 0.29) is 0 Å². The van der Waals surface area contributed by atoms with Crippen LogP contribution in [0.25, 0.3) is 0 Å². The summed E-state index contributed by atoms with van der Waals surface area (Å²) in [5.74, 6) is -0.868. The number of halogens is 1. The number of aryl methyl sites for hydroxylation is 1. The molecule has 2 rings (SSSR count). The van der Waals surface area contributed by atoms with Gasteiger partial charge < -0.3 is 5.11 Å². The number of hydrogen-bond donors (Lipinski definition) is 1. The fraction of sp³-hybridized carbons (Fsp3) is 0.250. The third-order valence-electron chi connectivity index (χ3n) is 3.34. The summed E-state index contributed by atoms with van der Waals surface area (Å²) in [7, 11) is 1.79. The molecule has 0 aliphatic heterocycles. The van der Waals surface area contributed by atoms with Crippen LogP contribution in [0.3, 0.4) is 0 Å². The van der Waals surface area contributed by atoms with E-state index < -0.39 is 12.0 Å². The van der Waals surface area contributed by atoms with Crippen LogP contribution in [-0.2, 0) is 11.3 Å². The highest BCUT2D eigenvalue weighted by Crippen LogP contribution is 2.25. The van der Waals surface area contributed by atoms with Crippen molar-refractivity contribution < 1.29 is 9.90 Å². The Morgan fingerprint density at radius 1 is 1.33 bits per heavy atom. The summed E-state index contributed by atoms with van der Waals surface area (Å²) in [4.78, 5) is 17.7. The van der Waals surface area contributed by atoms with E-state index in [0.29, 0.717) is 6.54 Å². The van der Waals surface area contributed by atoms with Gasteiger partial charge in [0.05, 0.1) is 5.69 Å². The van der Waals surface area contributed by atoms with Crippen LogP contribution in [0, 0.1) is 6.92 Å². The first kappa shape index (κ1) is 15.7. The molecule has 1 atom stereocenters. The number of hydrogen-bond acceptors (Lipinski definition) is 3. The Kier molecular flexibility index (Phi) is 5.09. The Hall–Kier alpha value is -1.72. The predicted octanol–water partition coefficient (Wildman–Crippen LogP) is 3.41. The van der Waals surface area contributed by atoms with Crippen molar-refractivity contribution in [1.29, 1.82) is 0 Å². The molecule has 0 saturated heterocycles. The standard InChI is InChI=1S/C16H17BrN2O2/c1-11-8-9-18-13(14(11)17)10-19(2)15(16(20)21)12-6-4-3-5-7-12/h3-9,15H,10H2,1-2H3,(H,20,21). The summed E-state index contributed by atoms with van der Waals surface area (Å²) in [6.45, 7) is 2.44. The van der Waals surface area contributed by atoms with Crippen molar-refractivity contribution in [3.63, 3.8) is 0 Å². The van der Waals surface area contributed by atoms with Crippen LogP contribution in [0.1, 0.15) is 22.9 Å². The first-order valence-corrected chi connectivity index (χ1v) is 7.38. The van der Waals surface area contributed by atoms with E-state index in [1.807, 2.05) is 43.3 Å². The number of benzene rings is 1. The number of likely N-dealkylation sites (N-methyl/N-ethyl adjacent to an activating group) is 1. The van der Waals surface area contributed by atoms with Gasteiger partial charge in [0.1, 0.15) is 6.04 Å². The molecule has 0 spiro atoms. The molecule has 0 fully saturated rings. The van der Waals surface area contributed by atoms with Crippen LogP contribution in [0.5, 0.6) is 0 Å². The molecule has 1 aromatic heterocycles. The van der Waals surface area contributed by atoms with Crippen LogP contribution in [0.15, 0.2) is 47.1 Å². The molecule has 110 valence electrons. The molecule has 1 unspecified atom stereocenters. The number of pyridine rings is 1. The van der Waals surface area contributed by atoms with E-state index >= 15 is 0 Å². The number of carbonyl (C=O) groups is 1. The Bertz CT molecular complexity index is 631. The first-order valence-electron chi connectivity index (χ1n) is 6.58. The SMILES string of the molecule is Cc1ccnc(CN(C)C(C(=O)O)c2ccccc2)c1Br. The molecule has 1 heterocycles. The van der Waals surface area contributed by atoms with Crippen molar-refractivity contribution in [1.82, 2.24) is 9.88 Å². The van der Waals surface area contributed by atoms with Crippen molar-refractivity contribution in [2.45, 2.75) is 19.5 Å². The third kappa shape index (κ3) is 3.68. The summed E-state index contributed by atoms with van der Waals surface area (Å²) in [6.07, 6.45) is 1.74. The number of nitrogens with zero attached hydrogens (tertiary/aromatic N) is 2.